The summed E-state index contributed by atoms with van der Waals surface area (Å²) in [6, 6.07) is 3.59. The highest BCUT2D eigenvalue weighted by Gasteiger charge is 2.13. The van der Waals surface area contributed by atoms with Crippen LogP contribution in [0.3, 0.4) is 0 Å². The largest absolute Gasteiger partial charge is 0.338 e. The zero-order chi connectivity index (χ0) is 12.0. The zero-order valence-corrected chi connectivity index (χ0v) is 9.94. The summed E-state index contributed by atoms with van der Waals surface area (Å²) in [6.07, 6.45) is 2.62. The van der Waals surface area contributed by atoms with Gasteiger partial charge in [-0.15, -0.1) is 0 Å². The van der Waals surface area contributed by atoms with E-state index in [1.54, 1.807) is 17.2 Å². The van der Waals surface area contributed by atoms with Crippen molar-refractivity contribution in [2.75, 3.05) is 13.1 Å². The van der Waals surface area contributed by atoms with Crippen molar-refractivity contribution in [1.82, 2.24) is 9.88 Å². The molecule has 4 nitrogen and oxygen atoms in total. The molecule has 1 aromatic heterocycles. The summed E-state index contributed by atoms with van der Waals surface area (Å²) in [4.78, 5) is 17.9. The molecule has 1 amide bonds. The molecule has 0 fully saturated rings. The predicted octanol–water partition coefficient (Wildman–Crippen LogP) is 1.41. The van der Waals surface area contributed by atoms with Crippen LogP contribution in [0.5, 0.6) is 0 Å². The molecule has 1 heterocycles. The van der Waals surface area contributed by atoms with Crippen LogP contribution in [0.25, 0.3) is 0 Å². The van der Waals surface area contributed by atoms with Gasteiger partial charge in [-0.2, -0.15) is 0 Å². The van der Waals surface area contributed by atoms with Crippen molar-refractivity contribution in [2.45, 2.75) is 26.8 Å². The SMILES string of the molecule is CCCN(CC)C(=O)c1ccc(CN)cn1. The van der Waals surface area contributed by atoms with E-state index in [1.807, 2.05) is 13.0 Å². The Balaban J connectivity index is 2.78. The minimum atomic E-state index is -0.00655. The highest BCUT2D eigenvalue weighted by Crippen LogP contribution is 2.04. The topological polar surface area (TPSA) is 59.2 Å². The van der Waals surface area contributed by atoms with Gasteiger partial charge in [-0.25, -0.2) is 0 Å². The maximum Gasteiger partial charge on any atom is 0.272 e. The lowest BCUT2D eigenvalue weighted by molar-refractivity contribution is 0.0758. The fourth-order valence-electron chi connectivity index (χ4n) is 1.51. The highest BCUT2D eigenvalue weighted by atomic mass is 16.2. The minimum Gasteiger partial charge on any atom is -0.338 e. The van der Waals surface area contributed by atoms with Gasteiger partial charge in [-0.1, -0.05) is 13.0 Å². The van der Waals surface area contributed by atoms with Crippen LogP contribution in [-0.2, 0) is 6.54 Å². The van der Waals surface area contributed by atoms with E-state index in [-0.39, 0.29) is 5.91 Å². The molecule has 1 aromatic rings. The lowest BCUT2D eigenvalue weighted by Crippen LogP contribution is -2.32. The normalized spacial score (nSPS) is 10.2. The Hall–Kier alpha value is -1.42. The van der Waals surface area contributed by atoms with E-state index in [0.717, 1.165) is 18.5 Å². The summed E-state index contributed by atoms with van der Waals surface area (Å²) in [5.41, 5.74) is 6.91. The van der Waals surface area contributed by atoms with Crippen molar-refractivity contribution in [2.24, 2.45) is 5.73 Å². The molecule has 0 atom stereocenters. The van der Waals surface area contributed by atoms with Crippen molar-refractivity contribution in [1.29, 1.82) is 0 Å². The van der Waals surface area contributed by atoms with Crippen LogP contribution in [0.1, 0.15) is 36.3 Å². The lowest BCUT2D eigenvalue weighted by Gasteiger charge is -2.19. The van der Waals surface area contributed by atoms with Crippen LogP contribution in [0.2, 0.25) is 0 Å². The highest BCUT2D eigenvalue weighted by molar-refractivity contribution is 5.92. The van der Waals surface area contributed by atoms with Crippen LogP contribution in [0.4, 0.5) is 0 Å². The molecule has 1 rings (SSSR count). The standard InChI is InChI=1S/C12H19N3O/c1-3-7-15(4-2)12(16)11-6-5-10(8-13)9-14-11/h5-6,9H,3-4,7-8,13H2,1-2H3. The minimum absolute atomic E-state index is 0.00655. The number of hydrogen-bond acceptors (Lipinski definition) is 3. The first kappa shape index (κ1) is 12.6. The van der Waals surface area contributed by atoms with Crippen LogP contribution in [0, 0.1) is 0 Å². The summed E-state index contributed by atoms with van der Waals surface area (Å²) in [5, 5.41) is 0. The molecular formula is C12H19N3O. The fourth-order valence-corrected chi connectivity index (χ4v) is 1.51. The van der Waals surface area contributed by atoms with Crippen LogP contribution >= 0.6 is 0 Å². The number of carbonyl (C=O) groups excluding carboxylic acids is 1. The fraction of sp³-hybridized carbons (Fsp3) is 0.500. The Kier molecular flexibility index (Phi) is 4.92. The zero-order valence-electron chi connectivity index (χ0n) is 9.94. The van der Waals surface area contributed by atoms with Crippen LogP contribution < -0.4 is 5.73 Å². The number of nitrogens with zero attached hydrogens (tertiary/aromatic N) is 2. The van der Waals surface area contributed by atoms with Crippen molar-refractivity contribution in [3.63, 3.8) is 0 Å². The molecule has 2 N–H and O–H groups in total. The monoisotopic (exact) mass is 221 g/mol. The van der Waals surface area contributed by atoms with E-state index < -0.39 is 0 Å². The molecular weight excluding hydrogens is 202 g/mol. The van der Waals surface area contributed by atoms with Crippen molar-refractivity contribution in [3.8, 4) is 0 Å². The maximum absolute atomic E-state index is 12.0. The number of carbonyl (C=O) groups is 1. The third kappa shape index (κ3) is 3.03. The number of amides is 1. The van der Waals surface area contributed by atoms with Crippen LogP contribution in [0.15, 0.2) is 18.3 Å². The number of hydrogen-bond donors (Lipinski definition) is 1. The van der Waals surface area contributed by atoms with Gasteiger partial charge in [-0.3, -0.25) is 9.78 Å². The molecule has 0 aliphatic rings. The van der Waals surface area contributed by atoms with Gasteiger partial charge >= 0.3 is 0 Å². The van der Waals surface area contributed by atoms with Gasteiger partial charge in [0.05, 0.1) is 0 Å². The molecule has 0 spiro atoms. The van der Waals surface area contributed by atoms with Gasteiger partial charge in [0.1, 0.15) is 5.69 Å². The molecule has 0 saturated heterocycles. The van der Waals surface area contributed by atoms with E-state index in [2.05, 4.69) is 11.9 Å². The molecule has 0 saturated carbocycles. The molecule has 0 unspecified atom stereocenters. The van der Waals surface area contributed by atoms with Gasteiger partial charge < -0.3 is 10.6 Å². The average molecular weight is 221 g/mol. The van der Waals surface area contributed by atoms with E-state index in [9.17, 15) is 4.79 Å². The third-order valence-corrected chi connectivity index (χ3v) is 2.44. The number of pyridine rings is 1. The van der Waals surface area contributed by atoms with E-state index in [1.165, 1.54) is 0 Å². The molecule has 0 bridgehead atoms. The second kappa shape index (κ2) is 6.23. The predicted molar refractivity (Wildman–Crippen MR) is 64.0 cm³/mol. The molecule has 88 valence electrons. The lowest BCUT2D eigenvalue weighted by atomic mass is 10.2. The molecule has 0 radical (unpaired) electrons. The van der Waals surface area contributed by atoms with Gasteiger partial charge in [-0.05, 0) is 25.0 Å². The molecule has 0 aliphatic heterocycles. The van der Waals surface area contributed by atoms with Crippen molar-refractivity contribution < 1.29 is 4.79 Å². The van der Waals surface area contributed by atoms with Crippen molar-refractivity contribution >= 4 is 5.91 Å². The number of aromatic nitrogens is 1. The summed E-state index contributed by atoms with van der Waals surface area (Å²) in [5.74, 6) is -0.00655. The third-order valence-electron chi connectivity index (χ3n) is 2.44. The van der Waals surface area contributed by atoms with Gasteiger partial charge in [0, 0.05) is 25.8 Å². The quantitative estimate of drug-likeness (QED) is 0.818. The summed E-state index contributed by atoms with van der Waals surface area (Å²) >= 11 is 0. The molecule has 0 aromatic carbocycles. The average Bonchev–Trinajstić information content (AvgIpc) is 2.35. The number of nitrogens with two attached hydrogens (primary N) is 1. The van der Waals surface area contributed by atoms with Crippen molar-refractivity contribution in [3.05, 3.63) is 29.6 Å². The second-order valence-corrected chi connectivity index (χ2v) is 3.64. The number of rotatable bonds is 5. The van der Waals surface area contributed by atoms with E-state index >= 15 is 0 Å². The molecule has 4 heteroatoms. The first-order valence-corrected chi connectivity index (χ1v) is 5.67. The van der Waals surface area contributed by atoms with Gasteiger partial charge in [0.25, 0.3) is 5.91 Å². The first-order chi connectivity index (χ1) is 7.72. The van der Waals surface area contributed by atoms with Crippen LogP contribution in [-0.4, -0.2) is 28.9 Å². The Morgan fingerprint density at radius 1 is 1.44 bits per heavy atom. The Labute approximate surface area is 96.5 Å². The summed E-state index contributed by atoms with van der Waals surface area (Å²) in [6.45, 7) is 5.97. The molecule has 16 heavy (non-hydrogen) atoms. The maximum atomic E-state index is 12.0. The second-order valence-electron chi connectivity index (χ2n) is 3.64. The summed E-state index contributed by atoms with van der Waals surface area (Å²) < 4.78 is 0. The Morgan fingerprint density at radius 2 is 2.19 bits per heavy atom. The first-order valence-electron chi connectivity index (χ1n) is 5.67. The summed E-state index contributed by atoms with van der Waals surface area (Å²) in [7, 11) is 0. The molecule has 0 aliphatic carbocycles. The van der Waals surface area contributed by atoms with E-state index in [0.29, 0.717) is 18.8 Å². The van der Waals surface area contributed by atoms with Gasteiger partial charge in [0.2, 0.25) is 0 Å². The van der Waals surface area contributed by atoms with E-state index in [4.69, 9.17) is 5.73 Å². The Bertz CT molecular complexity index is 335. The van der Waals surface area contributed by atoms with Gasteiger partial charge in [0.15, 0.2) is 0 Å². The Morgan fingerprint density at radius 3 is 2.62 bits per heavy atom. The smallest absolute Gasteiger partial charge is 0.272 e.